The third kappa shape index (κ3) is 5.78. The Balaban J connectivity index is 1.59. The molecule has 0 unspecified atom stereocenters. The largest absolute Gasteiger partial charge is 0.460 e. The van der Waals surface area contributed by atoms with Crippen molar-refractivity contribution in [2.75, 3.05) is 20.3 Å². The van der Waals surface area contributed by atoms with Crippen molar-refractivity contribution in [1.82, 2.24) is 4.57 Å². The van der Waals surface area contributed by atoms with Crippen LogP contribution in [0.4, 0.5) is 4.39 Å². The van der Waals surface area contributed by atoms with Crippen LogP contribution in [0.2, 0.25) is 5.02 Å². The van der Waals surface area contributed by atoms with E-state index in [-0.39, 0.29) is 45.4 Å². The van der Waals surface area contributed by atoms with Crippen LogP contribution in [0.25, 0.3) is 6.08 Å². The van der Waals surface area contributed by atoms with E-state index >= 15 is 0 Å². The second-order valence-corrected chi connectivity index (χ2v) is 10.2. The molecule has 0 saturated carbocycles. The predicted octanol–water partition coefficient (Wildman–Crippen LogP) is 4.03. The maximum Gasteiger partial charge on any atom is 0.379 e. The van der Waals surface area contributed by atoms with Crippen molar-refractivity contribution in [2.24, 2.45) is 4.99 Å². The molecule has 0 amide bonds. The van der Waals surface area contributed by atoms with Crippen LogP contribution in [0, 0.1) is 5.82 Å². The lowest BCUT2D eigenvalue weighted by Crippen LogP contribution is -2.40. The molecule has 0 bridgehead atoms. The molecule has 12 heteroatoms. The molecule has 3 heterocycles. The van der Waals surface area contributed by atoms with Gasteiger partial charge in [-0.15, -0.1) is 0 Å². The minimum Gasteiger partial charge on any atom is -0.460 e. The molecule has 1 atom stereocenters. The number of ether oxygens (including phenoxy) is 3. The first-order chi connectivity index (χ1) is 19.8. The molecule has 1 aliphatic rings. The number of methoxy groups -OCH3 is 1. The second-order valence-electron chi connectivity index (χ2n) is 8.78. The van der Waals surface area contributed by atoms with Crippen molar-refractivity contribution >= 4 is 41.0 Å². The van der Waals surface area contributed by atoms with Crippen LogP contribution in [-0.4, -0.2) is 36.8 Å². The van der Waals surface area contributed by atoms with Gasteiger partial charge in [0.05, 0.1) is 39.7 Å². The number of fused-ring (bicyclic) bond motifs is 1. The molecular weight excluding hydrogens is 575 g/mol. The summed E-state index contributed by atoms with van der Waals surface area (Å²) < 4.78 is 36.9. The van der Waals surface area contributed by atoms with Crippen LogP contribution in [0.3, 0.4) is 0 Å². The van der Waals surface area contributed by atoms with Gasteiger partial charge in [-0.05, 0) is 55.0 Å². The van der Waals surface area contributed by atoms with E-state index in [4.69, 9.17) is 30.2 Å². The number of aromatic nitrogens is 1. The van der Waals surface area contributed by atoms with Gasteiger partial charge in [-0.3, -0.25) is 9.36 Å². The van der Waals surface area contributed by atoms with Crippen LogP contribution in [0.15, 0.2) is 86.3 Å². The summed E-state index contributed by atoms with van der Waals surface area (Å²) in [4.78, 5) is 44.1. The molecule has 0 radical (unpaired) electrons. The third-order valence-corrected chi connectivity index (χ3v) is 7.48. The zero-order valence-corrected chi connectivity index (χ0v) is 23.3. The lowest BCUT2D eigenvalue weighted by molar-refractivity contribution is -0.140. The fourth-order valence-corrected chi connectivity index (χ4v) is 5.49. The number of hydrogen-bond acceptors (Lipinski definition) is 9. The minimum absolute atomic E-state index is 0.00327. The number of nitrogens with zero attached hydrogens (tertiary/aromatic N) is 2. The van der Waals surface area contributed by atoms with Gasteiger partial charge in [-0.25, -0.2) is 19.0 Å². The average molecular weight is 597 g/mol. The van der Waals surface area contributed by atoms with Crippen molar-refractivity contribution in [2.45, 2.75) is 13.0 Å². The lowest BCUT2D eigenvalue weighted by Gasteiger charge is -2.25. The summed E-state index contributed by atoms with van der Waals surface area (Å²) in [5, 5.41) is 0.144. The standard InChI is InChI=1S/C29H22ClFN2O7S/c1-16-24(28(36)39-14-13-37-2)25(17-8-10-18(11-9-17)40-27(35)22-7-4-12-38-22)33-26(34)23(41-29(33)32-16)15-19-20(30)5-3-6-21(19)31/h3-12,15,25H,13-14H2,1-2H3/b23-15+/t25-/m1/s1. The quantitative estimate of drug-likeness (QED) is 0.172. The Bertz CT molecular complexity index is 1810. The number of thiazole rings is 1. The molecule has 5 rings (SSSR count). The van der Waals surface area contributed by atoms with Gasteiger partial charge < -0.3 is 18.6 Å². The number of carbonyl (C=O) groups excluding carboxylic acids is 2. The van der Waals surface area contributed by atoms with Gasteiger partial charge in [0.25, 0.3) is 5.56 Å². The summed E-state index contributed by atoms with van der Waals surface area (Å²) in [6.45, 7) is 1.82. The van der Waals surface area contributed by atoms with E-state index < -0.39 is 29.4 Å². The van der Waals surface area contributed by atoms with E-state index in [2.05, 4.69) is 4.99 Å². The number of rotatable bonds is 8. The Morgan fingerprint density at radius 2 is 1.90 bits per heavy atom. The third-order valence-electron chi connectivity index (χ3n) is 6.17. The van der Waals surface area contributed by atoms with Crippen molar-refractivity contribution in [1.29, 1.82) is 0 Å². The summed E-state index contributed by atoms with van der Waals surface area (Å²) in [7, 11) is 1.48. The summed E-state index contributed by atoms with van der Waals surface area (Å²) in [5.74, 6) is -1.68. The average Bonchev–Trinajstić information content (AvgIpc) is 3.59. The van der Waals surface area contributed by atoms with Crippen molar-refractivity contribution in [3.63, 3.8) is 0 Å². The van der Waals surface area contributed by atoms with Crippen LogP contribution in [0.1, 0.15) is 34.6 Å². The van der Waals surface area contributed by atoms with E-state index in [0.717, 1.165) is 11.3 Å². The first-order valence-corrected chi connectivity index (χ1v) is 13.5. The number of benzene rings is 2. The van der Waals surface area contributed by atoms with Crippen LogP contribution in [-0.2, 0) is 14.3 Å². The summed E-state index contributed by atoms with van der Waals surface area (Å²) >= 11 is 7.23. The monoisotopic (exact) mass is 596 g/mol. The maximum absolute atomic E-state index is 14.5. The van der Waals surface area contributed by atoms with Crippen molar-refractivity contribution in [3.8, 4) is 5.75 Å². The molecule has 41 heavy (non-hydrogen) atoms. The highest BCUT2D eigenvalue weighted by molar-refractivity contribution is 7.07. The van der Waals surface area contributed by atoms with E-state index in [9.17, 15) is 18.8 Å². The minimum atomic E-state index is -0.936. The molecular formula is C29H22ClFN2O7S. The number of halogens is 2. The number of carbonyl (C=O) groups is 2. The zero-order valence-electron chi connectivity index (χ0n) is 21.8. The fourth-order valence-electron chi connectivity index (χ4n) is 4.24. The number of furan rings is 1. The second kappa shape index (κ2) is 12.0. The smallest absolute Gasteiger partial charge is 0.379 e. The van der Waals surface area contributed by atoms with Gasteiger partial charge in [-0.1, -0.05) is 41.1 Å². The SMILES string of the molecule is COCCOC(=O)C1=C(C)N=c2s/c(=C/c3c(F)cccc3Cl)c(=O)n2[C@@H]1c1ccc(OC(=O)c2ccco2)cc1. The molecule has 210 valence electrons. The van der Waals surface area contributed by atoms with E-state index in [0.29, 0.717) is 16.1 Å². The van der Waals surface area contributed by atoms with E-state index in [1.54, 1.807) is 25.1 Å². The Hall–Kier alpha value is -4.32. The van der Waals surface area contributed by atoms with E-state index in [1.165, 1.54) is 60.4 Å². The molecule has 0 saturated heterocycles. The summed E-state index contributed by atoms with van der Waals surface area (Å²) in [5.41, 5.74) is 0.578. The number of allylic oxidation sites excluding steroid dienone is 1. The molecule has 1 aliphatic heterocycles. The molecule has 0 N–H and O–H groups in total. The first kappa shape index (κ1) is 28.2. The molecule has 0 spiro atoms. The van der Waals surface area contributed by atoms with Gasteiger partial charge in [0.2, 0.25) is 5.76 Å². The van der Waals surface area contributed by atoms with Crippen LogP contribution < -0.4 is 19.6 Å². The predicted molar refractivity (Wildman–Crippen MR) is 148 cm³/mol. The molecule has 4 aromatic rings. The zero-order chi connectivity index (χ0) is 29.1. The molecule has 2 aromatic carbocycles. The Morgan fingerprint density at radius 3 is 2.59 bits per heavy atom. The van der Waals surface area contributed by atoms with Gasteiger partial charge in [0.15, 0.2) is 4.80 Å². The maximum atomic E-state index is 14.5. The van der Waals surface area contributed by atoms with E-state index in [1.807, 2.05) is 0 Å². The van der Waals surface area contributed by atoms with Crippen molar-refractivity contribution in [3.05, 3.63) is 120 Å². The highest BCUT2D eigenvalue weighted by Gasteiger charge is 2.33. The summed E-state index contributed by atoms with van der Waals surface area (Å²) in [6, 6.07) is 12.7. The number of hydrogen-bond donors (Lipinski definition) is 0. The topological polar surface area (TPSA) is 109 Å². The number of esters is 2. The van der Waals surface area contributed by atoms with Gasteiger partial charge in [0, 0.05) is 12.7 Å². The Kier molecular flexibility index (Phi) is 8.29. The molecule has 0 fully saturated rings. The normalized spacial score (nSPS) is 14.9. The lowest BCUT2D eigenvalue weighted by atomic mass is 9.96. The van der Waals surface area contributed by atoms with Crippen LogP contribution >= 0.6 is 22.9 Å². The first-order valence-electron chi connectivity index (χ1n) is 12.3. The summed E-state index contributed by atoms with van der Waals surface area (Å²) in [6.07, 6.45) is 2.73. The fraction of sp³-hybridized carbons (Fsp3) is 0.172. The molecule has 0 aliphatic carbocycles. The molecule has 2 aromatic heterocycles. The highest BCUT2D eigenvalue weighted by Crippen LogP contribution is 2.32. The Morgan fingerprint density at radius 1 is 1.12 bits per heavy atom. The molecule has 9 nitrogen and oxygen atoms in total. The Labute approximate surface area is 241 Å². The van der Waals surface area contributed by atoms with Gasteiger partial charge >= 0.3 is 11.9 Å². The van der Waals surface area contributed by atoms with Crippen LogP contribution in [0.5, 0.6) is 5.75 Å². The van der Waals surface area contributed by atoms with Gasteiger partial charge in [0.1, 0.15) is 18.2 Å². The van der Waals surface area contributed by atoms with Gasteiger partial charge in [-0.2, -0.15) is 0 Å². The van der Waals surface area contributed by atoms with Crippen molar-refractivity contribution < 1.29 is 32.6 Å². The highest BCUT2D eigenvalue weighted by atomic mass is 35.5.